The van der Waals surface area contributed by atoms with Crippen LogP contribution in [0.25, 0.3) is 11.1 Å². The Morgan fingerprint density at radius 3 is 2.26 bits per heavy atom. The van der Waals surface area contributed by atoms with E-state index >= 15 is 0 Å². The molecule has 4 aromatic rings. The number of ether oxygens (including phenoxy) is 1. The Labute approximate surface area is 203 Å². The molecule has 0 aliphatic heterocycles. The van der Waals surface area contributed by atoms with Gasteiger partial charge in [0, 0.05) is 5.56 Å². The van der Waals surface area contributed by atoms with Gasteiger partial charge in [0.2, 0.25) is 0 Å². The smallest absolute Gasteiger partial charge is 0.380 e. The molecular weight excluding hydrogens is 468 g/mol. The van der Waals surface area contributed by atoms with Gasteiger partial charge in [-0.2, -0.15) is 18.8 Å². The zero-order valence-corrected chi connectivity index (χ0v) is 19.6. The molecule has 2 N–H and O–H groups in total. The third kappa shape index (κ3) is 5.94. The minimum Gasteiger partial charge on any atom is -0.494 e. The van der Waals surface area contributed by atoms with Crippen molar-refractivity contribution >= 4 is 16.0 Å². The highest BCUT2D eigenvalue weighted by Gasteiger charge is 2.15. The number of aromatic nitrogens is 3. The fourth-order valence-corrected chi connectivity index (χ4v) is 3.89. The lowest BCUT2D eigenvalue weighted by molar-refractivity contribution is 0.340. The lowest BCUT2D eigenvalue weighted by Crippen LogP contribution is -2.28. The van der Waals surface area contributed by atoms with Crippen LogP contribution in [0, 0.1) is 11.3 Å². The predicted octanol–water partition coefficient (Wildman–Crippen LogP) is 3.27. The van der Waals surface area contributed by atoms with Crippen LogP contribution in [0.3, 0.4) is 0 Å². The van der Waals surface area contributed by atoms with Crippen molar-refractivity contribution in [2.75, 3.05) is 11.6 Å². The Balaban J connectivity index is 1.68. The highest BCUT2D eigenvalue weighted by molar-refractivity contribution is 7.84. The third-order valence-corrected chi connectivity index (χ3v) is 5.48. The van der Waals surface area contributed by atoms with Gasteiger partial charge in [-0.05, 0) is 60.5 Å². The molecule has 1 aromatic heterocycles. The molecule has 0 unspecified atom stereocenters. The summed E-state index contributed by atoms with van der Waals surface area (Å²) in [7, 11) is -4.10. The molecule has 10 nitrogen and oxygen atoms in total. The van der Waals surface area contributed by atoms with E-state index in [4.69, 9.17) is 14.1 Å². The van der Waals surface area contributed by atoms with E-state index in [0.29, 0.717) is 18.7 Å². The minimum atomic E-state index is -4.10. The van der Waals surface area contributed by atoms with Crippen molar-refractivity contribution in [2.45, 2.75) is 13.5 Å². The van der Waals surface area contributed by atoms with Crippen LogP contribution in [0.15, 0.2) is 79.4 Å². The predicted molar refractivity (Wildman–Crippen MR) is 130 cm³/mol. The van der Waals surface area contributed by atoms with E-state index in [9.17, 15) is 13.7 Å². The van der Waals surface area contributed by atoms with E-state index in [1.807, 2.05) is 48.3 Å². The van der Waals surface area contributed by atoms with Crippen molar-refractivity contribution in [3.63, 3.8) is 0 Å². The number of hydrogen-bond acceptors (Lipinski definition) is 8. The average molecular weight is 491 g/mol. The van der Waals surface area contributed by atoms with E-state index in [1.54, 1.807) is 35.5 Å². The zero-order valence-electron chi connectivity index (χ0n) is 18.8. The average Bonchev–Trinajstić information content (AvgIpc) is 3.38. The van der Waals surface area contributed by atoms with E-state index in [-0.39, 0.29) is 5.75 Å². The monoisotopic (exact) mass is 490 g/mol. The van der Waals surface area contributed by atoms with Crippen LogP contribution >= 0.6 is 0 Å². The van der Waals surface area contributed by atoms with Crippen LogP contribution in [0.5, 0.6) is 11.5 Å². The second kappa shape index (κ2) is 10.3. The number of anilines is 1. The lowest BCUT2D eigenvalue weighted by atomic mass is 9.99. The molecule has 0 aliphatic carbocycles. The molecule has 178 valence electrons. The van der Waals surface area contributed by atoms with Crippen molar-refractivity contribution in [1.82, 2.24) is 14.9 Å². The van der Waals surface area contributed by atoms with Gasteiger partial charge in [0.1, 0.15) is 24.2 Å². The molecule has 0 aliphatic rings. The van der Waals surface area contributed by atoms with E-state index in [0.717, 1.165) is 28.1 Å². The highest BCUT2D eigenvalue weighted by Crippen LogP contribution is 2.31. The first-order valence-corrected chi connectivity index (χ1v) is 12.0. The first kappa shape index (κ1) is 23.7. The van der Waals surface area contributed by atoms with Crippen LogP contribution in [0.1, 0.15) is 18.1 Å². The van der Waals surface area contributed by atoms with Crippen molar-refractivity contribution in [2.24, 2.45) is 5.14 Å². The van der Waals surface area contributed by atoms with Crippen molar-refractivity contribution in [1.29, 1.82) is 5.26 Å². The second-order valence-corrected chi connectivity index (χ2v) is 8.57. The lowest BCUT2D eigenvalue weighted by Gasteiger charge is -2.26. The van der Waals surface area contributed by atoms with Gasteiger partial charge in [-0.1, -0.05) is 24.3 Å². The Bertz CT molecular complexity index is 1430. The van der Waals surface area contributed by atoms with Crippen LogP contribution in [-0.4, -0.2) is 29.9 Å². The van der Waals surface area contributed by atoms with Gasteiger partial charge in [0.25, 0.3) is 0 Å². The molecule has 0 fully saturated rings. The number of benzene rings is 3. The molecule has 11 heteroatoms. The molecule has 0 amide bonds. The third-order valence-electron chi connectivity index (χ3n) is 5.05. The molecule has 35 heavy (non-hydrogen) atoms. The van der Waals surface area contributed by atoms with Gasteiger partial charge in [-0.25, -0.2) is 4.68 Å². The number of rotatable bonds is 9. The molecule has 0 saturated heterocycles. The molecule has 0 atom stereocenters. The number of nitrogens with zero attached hydrogens (tertiary/aromatic N) is 5. The Morgan fingerprint density at radius 1 is 1.00 bits per heavy atom. The molecule has 1 heterocycles. The van der Waals surface area contributed by atoms with Gasteiger partial charge in [0.05, 0.1) is 30.5 Å². The summed E-state index contributed by atoms with van der Waals surface area (Å²) in [6, 6.07) is 21.9. The van der Waals surface area contributed by atoms with Gasteiger partial charge in [-0.3, -0.25) is 5.01 Å². The number of hydrogen-bond donors (Lipinski definition) is 1. The Hall–Kier alpha value is -4.40. The maximum absolute atomic E-state index is 11.2. The fourth-order valence-electron chi connectivity index (χ4n) is 3.51. The Kier molecular flexibility index (Phi) is 6.96. The summed E-state index contributed by atoms with van der Waals surface area (Å²) in [6.07, 6.45) is 3.13. The van der Waals surface area contributed by atoms with Crippen LogP contribution in [-0.2, 0) is 16.8 Å². The topological polar surface area (TPSA) is 136 Å². The van der Waals surface area contributed by atoms with E-state index in [2.05, 4.69) is 16.3 Å². The van der Waals surface area contributed by atoms with E-state index in [1.165, 1.54) is 12.1 Å². The van der Waals surface area contributed by atoms with E-state index < -0.39 is 10.3 Å². The summed E-state index contributed by atoms with van der Waals surface area (Å²) >= 11 is 0. The molecule has 0 radical (unpaired) electrons. The zero-order chi connectivity index (χ0) is 24.8. The van der Waals surface area contributed by atoms with Gasteiger partial charge in [-0.15, -0.1) is 10.2 Å². The summed E-state index contributed by atoms with van der Waals surface area (Å²) in [5.41, 5.74) is 3.82. The Morgan fingerprint density at radius 2 is 1.66 bits per heavy atom. The minimum absolute atomic E-state index is 0.114. The standard InChI is InChI=1S/C24H22N6O4S/c1-2-33-22-11-6-19(7-12-22)24-13-21(8-5-20(24)14-25)30(29-16-27-28-17-29)15-18-3-9-23(10-4-18)34-35(26,31)32/h3-13,16-17H,2,15H2,1H3,(H2,26,31,32). The van der Waals surface area contributed by atoms with Gasteiger partial charge >= 0.3 is 10.3 Å². The second-order valence-electron chi connectivity index (χ2n) is 7.42. The van der Waals surface area contributed by atoms with Crippen molar-refractivity contribution in [3.05, 3.63) is 90.5 Å². The first-order valence-electron chi connectivity index (χ1n) is 10.6. The van der Waals surface area contributed by atoms with Gasteiger partial charge in [0.15, 0.2) is 0 Å². The van der Waals surface area contributed by atoms with Crippen LogP contribution in [0.2, 0.25) is 0 Å². The van der Waals surface area contributed by atoms with Crippen LogP contribution in [0.4, 0.5) is 5.69 Å². The van der Waals surface area contributed by atoms with Crippen molar-refractivity contribution in [3.8, 4) is 28.7 Å². The normalized spacial score (nSPS) is 11.0. The maximum Gasteiger partial charge on any atom is 0.380 e. The molecule has 0 bridgehead atoms. The summed E-state index contributed by atoms with van der Waals surface area (Å²) in [6.45, 7) is 2.88. The molecule has 4 rings (SSSR count). The molecule has 0 saturated carbocycles. The summed E-state index contributed by atoms with van der Waals surface area (Å²) < 4.78 is 34.3. The number of nitrogens with two attached hydrogens (primary N) is 1. The molecule has 0 spiro atoms. The fraction of sp³-hybridized carbons (Fsp3) is 0.125. The van der Waals surface area contributed by atoms with Crippen molar-refractivity contribution < 1.29 is 17.3 Å². The van der Waals surface area contributed by atoms with Gasteiger partial charge < -0.3 is 8.92 Å². The first-order chi connectivity index (χ1) is 16.9. The highest BCUT2D eigenvalue weighted by atomic mass is 32.2. The maximum atomic E-state index is 11.2. The van der Waals surface area contributed by atoms with Crippen LogP contribution < -0.4 is 19.1 Å². The summed E-state index contributed by atoms with van der Waals surface area (Å²) in [5.74, 6) is 0.871. The number of nitriles is 1. The largest absolute Gasteiger partial charge is 0.494 e. The SMILES string of the molecule is CCOc1ccc(-c2cc(N(Cc3ccc(OS(N)(=O)=O)cc3)n3cnnc3)ccc2C#N)cc1. The quantitative estimate of drug-likeness (QED) is 0.377. The summed E-state index contributed by atoms with van der Waals surface area (Å²) in [5, 5.41) is 24.4. The molecular formula is C24H22N6O4S. The molecule has 3 aromatic carbocycles. The summed E-state index contributed by atoms with van der Waals surface area (Å²) in [4.78, 5) is 0.